The number of nitrogens with one attached hydrogen (secondary N) is 1. The second-order valence-corrected chi connectivity index (χ2v) is 4.97. The Labute approximate surface area is 118 Å². The van der Waals surface area contributed by atoms with Crippen LogP contribution in [0.25, 0.3) is 0 Å². The Kier molecular flexibility index (Phi) is 4.00. The fraction of sp³-hybridized carbons (Fsp3) is 0.357. The van der Waals surface area contributed by atoms with E-state index >= 15 is 0 Å². The molecule has 1 unspecified atom stereocenters. The predicted molar refractivity (Wildman–Crippen MR) is 78.0 cm³/mol. The first-order valence-electron chi connectivity index (χ1n) is 6.11. The summed E-state index contributed by atoms with van der Waals surface area (Å²) in [5.74, 6) is 0.678. The van der Waals surface area contributed by atoms with Gasteiger partial charge in [0.05, 0.1) is 23.9 Å². The number of methoxy groups -OCH3 is 1. The van der Waals surface area contributed by atoms with Gasteiger partial charge >= 0.3 is 0 Å². The highest BCUT2D eigenvalue weighted by atomic mass is 35.5. The highest BCUT2D eigenvalue weighted by Gasteiger charge is 2.12. The third-order valence-corrected chi connectivity index (χ3v) is 3.35. The molecule has 0 aliphatic carbocycles. The molecule has 1 aromatic heterocycles. The van der Waals surface area contributed by atoms with Gasteiger partial charge in [0.15, 0.2) is 0 Å². The van der Waals surface area contributed by atoms with E-state index in [9.17, 15) is 0 Å². The van der Waals surface area contributed by atoms with E-state index in [1.165, 1.54) is 5.56 Å². The van der Waals surface area contributed by atoms with E-state index in [2.05, 4.69) is 17.3 Å². The largest absolute Gasteiger partial charge is 0.495 e. The Morgan fingerprint density at radius 1 is 1.42 bits per heavy atom. The Balaban J connectivity index is 2.17. The van der Waals surface area contributed by atoms with Gasteiger partial charge in [0.2, 0.25) is 0 Å². The van der Waals surface area contributed by atoms with Crippen LogP contribution in [0.4, 0.5) is 5.69 Å². The highest BCUT2D eigenvalue weighted by molar-refractivity contribution is 6.32. The second-order valence-electron chi connectivity index (χ2n) is 4.56. The zero-order valence-corrected chi connectivity index (χ0v) is 12.3. The number of benzene rings is 1. The maximum absolute atomic E-state index is 6.11. The summed E-state index contributed by atoms with van der Waals surface area (Å²) in [5.41, 5.74) is 3.16. The first kappa shape index (κ1) is 13.7. The SMILES string of the molecule is COc1ccc(NC(C)c2cn(C)nc2C)cc1Cl. The molecule has 1 N–H and O–H groups in total. The quantitative estimate of drug-likeness (QED) is 0.930. The third kappa shape index (κ3) is 3.01. The number of halogens is 1. The Morgan fingerprint density at radius 3 is 2.68 bits per heavy atom. The van der Waals surface area contributed by atoms with Crippen molar-refractivity contribution in [3.8, 4) is 5.75 Å². The number of aromatic nitrogens is 2. The van der Waals surface area contributed by atoms with Crippen LogP contribution in [0.3, 0.4) is 0 Å². The van der Waals surface area contributed by atoms with Crippen LogP contribution in [0.1, 0.15) is 24.2 Å². The molecule has 0 fully saturated rings. The molecule has 2 rings (SSSR count). The topological polar surface area (TPSA) is 39.1 Å². The number of aryl methyl sites for hydroxylation is 2. The molecule has 0 saturated heterocycles. The van der Waals surface area contributed by atoms with Crippen molar-refractivity contribution in [2.24, 2.45) is 7.05 Å². The molecule has 0 amide bonds. The molecule has 0 spiro atoms. The fourth-order valence-electron chi connectivity index (χ4n) is 2.13. The van der Waals surface area contributed by atoms with Gasteiger partial charge in [-0.25, -0.2) is 0 Å². The van der Waals surface area contributed by atoms with E-state index in [4.69, 9.17) is 16.3 Å². The van der Waals surface area contributed by atoms with Crippen molar-refractivity contribution >= 4 is 17.3 Å². The molecule has 2 aromatic rings. The summed E-state index contributed by atoms with van der Waals surface area (Å²) < 4.78 is 6.96. The van der Waals surface area contributed by atoms with Gasteiger partial charge in [-0.2, -0.15) is 5.10 Å². The lowest BCUT2D eigenvalue weighted by molar-refractivity contribution is 0.415. The second kappa shape index (κ2) is 5.53. The third-order valence-electron chi connectivity index (χ3n) is 3.05. The van der Waals surface area contributed by atoms with Crippen molar-refractivity contribution in [2.75, 3.05) is 12.4 Å². The minimum absolute atomic E-state index is 0.165. The van der Waals surface area contributed by atoms with Crippen LogP contribution in [0.2, 0.25) is 5.02 Å². The average molecular weight is 280 g/mol. The molecule has 0 bridgehead atoms. The summed E-state index contributed by atoms with van der Waals surface area (Å²) in [7, 11) is 3.53. The van der Waals surface area contributed by atoms with Crippen LogP contribution >= 0.6 is 11.6 Å². The molecule has 0 saturated carbocycles. The summed E-state index contributed by atoms with van der Waals surface area (Å²) in [6.45, 7) is 4.11. The summed E-state index contributed by atoms with van der Waals surface area (Å²) in [4.78, 5) is 0. The van der Waals surface area contributed by atoms with Gasteiger partial charge in [-0.1, -0.05) is 11.6 Å². The monoisotopic (exact) mass is 279 g/mol. The van der Waals surface area contributed by atoms with Crippen molar-refractivity contribution < 1.29 is 4.74 Å². The normalized spacial score (nSPS) is 12.3. The lowest BCUT2D eigenvalue weighted by Gasteiger charge is -2.15. The number of nitrogens with zero attached hydrogens (tertiary/aromatic N) is 2. The molecular formula is C14H18ClN3O. The molecule has 19 heavy (non-hydrogen) atoms. The maximum atomic E-state index is 6.11. The highest BCUT2D eigenvalue weighted by Crippen LogP contribution is 2.29. The van der Waals surface area contributed by atoms with Crippen LogP contribution in [0, 0.1) is 6.92 Å². The number of anilines is 1. The van der Waals surface area contributed by atoms with E-state index in [1.807, 2.05) is 43.0 Å². The lowest BCUT2D eigenvalue weighted by Crippen LogP contribution is -2.07. The first-order valence-corrected chi connectivity index (χ1v) is 6.49. The van der Waals surface area contributed by atoms with Crippen LogP contribution in [0.15, 0.2) is 24.4 Å². The molecule has 1 heterocycles. The molecule has 0 aliphatic rings. The number of rotatable bonds is 4. The Hall–Kier alpha value is -1.68. The molecule has 0 aliphatic heterocycles. The molecule has 1 atom stereocenters. The van der Waals surface area contributed by atoms with E-state index < -0.39 is 0 Å². The number of hydrogen-bond acceptors (Lipinski definition) is 3. The van der Waals surface area contributed by atoms with Crippen LogP contribution in [-0.4, -0.2) is 16.9 Å². The molecule has 102 valence electrons. The summed E-state index contributed by atoms with van der Waals surface area (Å²) in [5, 5.41) is 8.36. The Morgan fingerprint density at radius 2 is 2.16 bits per heavy atom. The van der Waals surface area contributed by atoms with Crippen molar-refractivity contribution in [1.82, 2.24) is 9.78 Å². The summed E-state index contributed by atoms with van der Waals surface area (Å²) >= 11 is 6.11. The average Bonchev–Trinajstić information content (AvgIpc) is 2.69. The van der Waals surface area contributed by atoms with Crippen molar-refractivity contribution in [3.63, 3.8) is 0 Å². The molecule has 0 radical (unpaired) electrons. The van der Waals surface area contributed by atoms with Crippen LogP contribution < -0.4 is 10.1 Å². The van der Waals surface area contributed by atoms with Crippen molar-refractivity contribution in [2.45, 2.75) is 19.9 Å². The molecule has 1 aromatic carbocycles. The maximum Gasteiger partial charge on any atom is 0.137 e. The minimum Gasteiger partial charge on any atom is -0.495 e. The van der Waals surface area contributed by atoms with Gasteiger partial charge in [-0.15, -0.1) is 0 Å². The fourth-order valence-corrected chi connectivity index (χ4v) is 2.38. The zero-order chi connectivity index (χ0) is 14.0. The van der Waals surface area contributed by atoms with Gasteiger partial charge in [-0.3, -0.25) is 4.68 Å². The van der Waals surface area contributed by atoms with Crippen LogP contribution in [-0.2, 0) is 7.05 Å². The van der Waals surface area contributed by atoms with E-state index in [1.54, 1.807) is 7.11 Å². The molecule has 5 heteroatoms. The summed E-state index contributed by atoms with van der Waals surface area (Å²) in [6, 6.07) is 5.83. The van der Waals surface area contributed by atoms with Crippen LogP contribution in [0.5, 0.6) is 5.75 Å². The van der Waals surface area contributed by atoms with Gasteiger partial charge in [-0.05, 0) is 32.0 Å². The van der Waals surface area contributed by atoms with Gasteiger partial charge < -0.3 is 10.1 Å². The van der Waals surface area contributed by atoms with Gasteiger partial charge in [0.25, 0.3) is 0 Å². The lowest BCUT2D eigenvalue weighted by atomic mass is 10.1. The van der Waals surface area contributed by atoms with E-state index in [-0.39, 0.29) is 6.04 Å². The van der Waals surface area contributed by atoms with Crippen molar-refractivity contribution in [1.29, 1.82) is 0 Å². The predicted octanol–water partition coefficient (Wildman–Crippen LogP) is 3.56. The van der Waals surface area contributed by atoms with Crippen molar-refractivity contribution in [3.05, 3.63) is 40.7 Å². The summed E-state index contributed by atoms with van der Waals surface area (Å²) in [6.07, 6.45) is 2.03. The smallest absolute Gasteiger partial charge is 0.137 e. The number of hydrogen-bond donors (Lipinski definition) is 1. The standard InChI is InChI=1S/C14H18ClN3O/c1-9(12-8-18(3)17-10(12)2)16-11-5-6-14(19-4)13(15)7-11/h5-9,16H,1-4H3. The first-order chi connectivity index (χ1) is 9.01. The number of ether oxygens (including phenoxy) is 1. The van der Waals surface area contributed by atoms with E-state index in [0.717, 1.165) is 11.4 Å². The minimum atomic E-state index is 0.165. The van der Waals surface area contributed by atoms with Gasteiger partial charge in [0.1, 0.15) is 5.75 Å². The van der Waals surface area contributed by atoms with E-state index in [0.29, 0.717) is 10.8 Å². The zero-order valence-electron chi connectivity index (χ0n) is 11.6. The molecule has 4 nitrogen and oxygen atoms in total. The van der Waals surface area contributed by atoms with Gasteiger partial charge in [0, 0.05) is 24.5 Å². The Bertz CT molecular complexity index is 580. The molecular weight excluding hydrogens is 262 g/mol.